The minimum absolute atomic E-state index is 0.0800. The summed E-state index contributed by atoms with van der Waals surface area (Å²) in [6.45, 7) is 6.16. The number of thiazole rings is 1. The first-order chi connectivity index (χ1) is 14.4. The molecule has 1 unspecified atom stereocenters. The molecule has 1 saturated heterocycles. The second-order valence-corrected chi connectivity index (χ2v) is 8.54. The quantitative estimate of drug-likeness (QED) is 0.359. The highest BCUT2D eigenvalue weighted by Crippen LogP contribution is 2.42. The summed E-state index contributed by atoms with van der Waals surface area (Å²) in [6.07, 6.45) is 1.60. The molecule has 0 aliphatic carbocycles. The summed E-state index contributed by atoms with van der Waals surface area (Å²) in [7, 11) is 0. The van der Waals surface area contributed by atoms with Crippen molar-refractivity contribution in [3.05, 3.63) is 87.9 Å². The number of aromatic nitrogens is 1. The van der Waals surface area contributed by atoms with E-state index in [0.29, 0.717) is 16.6 Å². The first-order valence-electron chi connectivity index (χ1n) is 9.76. The molecule has 1 N–H and O–H groups in total. The van der Waals surface area contributed by atoms with Crippen LogP contribution in [0, 0.1) is 6.92 Å². The Labute approximate surface area is 179 Å². The summed E-state index contributed by atoms with van der Waals surface area (Å²) >= 11 is 1.28. The zero-order valence-corrected chi connectivity index (χ0v) is 17.8. The van der Waals surface area contributed by atoms with E-state index < -0.39 is 17.7 Å². The van der Waals surface area contributed by atoms with Gasteiger partial charge in [0.2, 0.25) is 0 Å². The van der Waals surface area contributed by atoms with Crippen molar-refractivity contribution in [2.45, 2.75) is 32.7 Å². The van der Waals surface area contributed by atoms with E-state index in [4.69, 9.17) is 0 Å². The Morgan fingerprint density at radius 1 is 1.07 bits per heavy atom. The number of carbonyl (C=O) groups is 2. The number of amides is 1. The summed E-state index contributed by atoms with van der Waals surface area (Å²) < 4.78 is 0. The van der Waals surface area contributed by atoms with Crippen LogP contribution >= 0.6 is 11.3 Å². The van der Waals surface area contributed by atoms with Crippen LogP contribution in [0.3, 0.4) is 0 Å². The lowest BCUT2D eigenvalue weighted by Gasteiger charge is -2.23. The fourth-order valence-corrected chi connectivity index (χ4v) is 4.28. The molecule has 0 saturated carbocycles. The molecular weight excluding hydrogens is 396 g/mol. The van der Waals surface area contributed by atoms with Crippen molar-refractivity contribution >= 4 is 33.9 Å². The summed E-state index contributed by atoms with van der Waals surface area (Å²) in [5, 5.41) is 13.2. The van der Waals surface area contributed by atoms with Gasteiger partial charge in [-0.3, -0.25) is 14.5 Å². The molecular formula is C24H22N2O3S. The predicted molar refractivity (Wildman–Crippen MR) is 119 cm³/mol. The smallest absolute Gasteiger partial charge is 0.301 e. The highest BCUT2D eigenvalue weighted by molar-refractivity contribution is 7.14. The van der Waals surface area contributed by atoms with Gasteiger partial charge in [-0.15, -0.1) is 11.3 Å². The van der Waals surface area contributed by atoms with E-state index >= 15 is 0 Å². The number of aliphatic hydroxyl groups excluding tert-OH is 1. The molecule has 3 aromatic rings. The summed E-state index contributed by atoms with van der Waals surface area (Å²) in [4.78, 5) is 31.6. The van der Waals surface area contributed by atoms with Gasteiger partial charge in [-0.2, -0.15) is 0 Å². The number of hydrogen-bond acceptors (Lipinski definition) is 5. The third-order valence-corrected chi connectivity index (χ3v) is 6.08. The zero-order valence-electron chi connectivity index (χ0n) is 17.0. The van der Waals surface area contributed by atoms with Crippen LogP contribution in [0.25, 0.3) is 5.76 Å². The largest absolute Gasteiger partial charge is 0.507 e. The third kappa shape index (κ3) is 3.44. The summed E-state index contributed by atoms with van der Waals surface area (Å²) in [5.41, 5.74) is 3.53. The number of nitrogens with zero attached hydrogens (tertiary/aromatic N) is 2. The van der Waals surface area contributed by atoms with Gasteiger partial charge in [0.1, 0.15) is 5.76 Å². The molecule has 1 fully saturated rings. The number of rotatable bonds is 4. The first kappa shape index (κ1) is 20.0. The van der Waals surface area contributed by atoms with Crippen LogP contribution in [0.15, 0.2) is 65.7 Å². The third-order valence-electron chi connectivity index (χ3n) is 5.31. The Bertz CT molecular complexity index is 1110. The van der Waals surface area contributed by atoms with Crippen molar-refractivity contribution < 1.29 is 14.7 Å². The molecule has 1 aliphatic rings. The lowest BCUT2D eigenvalue weighted by molar-refractivity contribution is -0.132. The van der Waals surface area contributed by atoms with Crippen LogP contribution in [0.2, 0.25) is 0 Å². The minimum atomic E-state index is -0.737. The Morgan fingerprint density at radius 2 is 1.73 bits per heavy atom. The lowest BCUT2D eigenvalue weighted by Crippen LogP contribution is -2.29. The Hall–Kier alpha value is -3.25. The molecule has 1 aromatic heterocycles. The maximum Gasteiger partial charge on any atom is 0.301 e. The normalized spacial score (nSPS) is 18.4. The van der Waals surface area contributed by atoms with Crippen molar-refractivity contribution in [3.8, 4) is 0 Å². The van der Waals surface area contributed by atoms with Crippen molar-refractivity contribution in [2.75, 3.05) is 4.90 Å². The van der Waals surface area contributed by atoms with Gasteiger partial charge in [0, 0.05) is 17.1 Å². The van der Waals surface area contributed by atoms with Crippen LogP contribution in [0.4, 0.5) is 5.13 Å². The molecule has 4 rings (SSSR count). The molecule has 2 heterocycles. The number of aryl methyl sites for hydroxylation is 1. The van der Waals surface area contributed by atoms with Crippen molar-refractivity contribution in [2.24, 2.45) is 0 Å². The minimum Gasteiger partial charge on any atom is -0.507 e. The molecule has 0 spiro atoms. The molecule has 30 heavy (non-hydrogen) atoms. The molecule has 0 radical (unpaired) electrons. The number of ketones is 1. The number of hydrogen-bond donors (Lipinski definition) is 1. The lowest BCUT2D eigenvalue weighted by atomic mass is 9.93. The second kappa shape index (κ2) is 7.88. The van der Waals surface area contributed by atoms with Gasteiger partial charge < -0.3 is 5.11 Å². The van der Waals surface area contributed by atoms with Crippen LogP contribution < -0.4 is 4.90 Å². The van der Waals surface area contributed by atoms with E-state index in [1.807, 2.05) is 43.3 Å². The van der Waals surface area contributed by atoms with Gasteiger partial charge in [-0.1, -0.05) is 67.9 Å². The van der Waals surface area contributed by atoms with Crippen molar-refractivity contribution in [3.63, 3.8) is 0 Å². The standard InChI is InChI=1S/C24H22N2O3S/c1-14(2)16-8-10-17(11-9-16)20-19(21(27)18-6-4-15(3)5-7-18)22(28)23(29)26(20)24-25-12-13-30-24/h4-14,20,27H,1-3H3/b21-19-. The van der Waals surface area contributed by atoms with Crippen LogP contribution in [0.1, 0.15) is 48.1 Å². The van der Waals surface area contributed by atoms with Gasteiger partial charge in [0.05, 0.1) is 11.6 Å². The molecule has 2 aromatic carbocycles. The van der Waals surface area contributed by atoms with Crippen LogP contribution in [0.5, 0.6) is 0 Å². The molecule has 1 aliphatic heterocycles. The number of aliphatic hydroxyl groups is 1. The number of carbonyl (C=O) groups excluding carboxylic acids is 2. The zero-order chi connectivity index (χ0) is 21.4. The van der Waals surface area contributed by atoms with Crippen LogP contribution in [-0.4, -0.2) is 21.8 Å². The number of benzene rings is 2. The van der Waals surface area contributed by atoms with Gasteiger partial charge in [-0.25, -0.2) is 4.98 Å². The fourth-order valence-electron chi connectivity index (χ4n) is 3.61. The van der Waals surface area contributed by atoms with E-state index in [2.05, 4.69) is 18.8 Å². The molecule has 5 nitrogen and oxygen atoms in total. The Balaban J connectivity index is 1.90. The number of anilines is 1. The molecule has 6 heteroatoms. The topological polar surface area (TPSA) is 70.5 Å². The molecule has 1 atom stereocenters. The average Bonchev–Trinajstić information content (AvgIpc) is 3.35. The second-order valence-electron chi connectivity index (χ2n) is 7.67. The maximum atomic E-state index is 13.0. The monoisotopic (exact) mass is 418 g/mol. The SMILES string of the molecule is Cc1ccc(/C(O)=C2/C(=O)C(=O)N(c3nccs3)C2c2ccc(C(C)C)cc2)cc1. The molecule has 152 valence electrons. The highest BCUT2D eigenvalue weighted by Gasteiger charge is 2.47. The van der Waals surface area contributed by atoms with Gasteiger partial charge in [-0.05, 0) is 24.0 Å². The predicted octanol–water partition coefficient (Wildman–Crippen LogP) is 5.20. The van der Waals surface area contributed by atoms with Crippen molar-refractivity contribution in [1.29, 1.82) is 0 Å². The summed E-state index contributed by atoms with van der Waals surface area (Å²) in [5.74, 6) is -1.21. The fraction of sp³-hybridized carbons (Fsp3) is 0.208. The van der Waals surface area contributed by atoms with Gasteiger partial charge in [0.25, 0.3) is 5.78 Å². The highest BCUT2D eigenvalue weighted by atomic mass is 32.1. The van der Waals surface area contributed by atoms with Gasteiger partial charge >= 0.3 is 5.91 Å². The van der Waals surface area contributed by atoms with E-state index in [-0.39, 0.29) is 11.3 Å². The van der Waals surface area contributed by atoms with Gasteiger partial charge in [0.15, 0.2) is 5.13 Å². The Morgan fingerprint density at radius 3 is 2.30 bits per heavy atom. The first-order valence-corrected chi connectivity index (χ1v) is 10.6. The molecule has 0 bridgehead atoms. The van der Waals surface area contributed by atoms with E-state index in [1.165, 1.54) is 16.2 Å². The number of Topliss-reactive ketones (excluding diaryl/α,β-unsaturated/α-hetero) is 1. The summed E-state index contributed by atoms with van der Waals surface area (Å²) in [6, 6.07) is 14.3. The van der Waals surface area contributed by atoms with Crippen molar-refractivity contribution in [1.82, 2.24) is 4.98 Å². The Kier molecular flexibility index (Phi) is 5.26. The maximum absolute atomic E-state index is 13.0. The van der Waals surface area contributed by atoms with E-state index in [9.17, 15) is 14.7 Å². The van der Waals surface area contributed by atoms with E-state index in [1.54, 1.807) is 23.7 Å². The van der Waals surface area contributed by atoms with Crippen LogP contribution in [-0.2, 0) is 9.59 Å². The van der Waals surface area contributed by atoms with E-state index in [0.717, 1.165) is 16.7 Å². The molecule has 1 amide bonds. The average molecular weight is 419 g/mol.